The molecule has 0 bridgehead atoms. The van der Waals surface area contributed by atoms with Crippen LogP contribution in [0.1, 0.15) is 106 Å². The third kappa shape index (κ3) is 16.1. The minimum Gasteiger partial charge on any atom is -0.490 e. The van der Waals surface area contributed by atoms with Gasteiger partial charge in [0.15, 0.2) is 0 Å². The van der Waals surface area contributed by atoms with Crippen molar-refractivity contribution in [1.82, 2.24) is 10.2 Å². The van der Waals surface area contributed by atoms with Crippen LogP contribution in [0.25, 0.3) is 0 Å². The van der Waals surface area contributed by atoms with E-state index in [-0.39, 0.29) is 12.4 Å². The van der Waals surface area contributed by atoms with Crippen molar-refractivity contribution < 1.29 is 28.9 Å². The van der Waals surface area contributed by atoms with Gasteiger partial charge in [-0.15, -0.1) is 0 Å². The molecule has 324 valence electrons. The number of rotatable bonds is 11. The van der Waals surface area contributed by atoms with Gasteiger partial charge < -0.3 is 34.4 Å². The van der Waals surface area contributed by atoms with Crippen molar-refractivity contribution in [3.05, 3.63) is 61.2 Å². The summed E-state index contributed by atoms with van der Waals surface area (Å²) in [5.74, 6) is 2.58. The maximum Gasteiger partial charge on any atom is 0.330 e. The fourth-order valence-corrected chi connectivity index (χ4v) is 8.56. The first kappa shape index (κ1) is 46.9. The number of carbonyl (C=O) groups excluding carboxylic acids is 1. The topological polar surface area (TPSA) is 104 Å². The second-order valence-corrected chi connectivity index (χ2v) is 18.6. The van der Waals surface area contributed by atoms with E-state index in [1.165, 1.54) is 49.9 Å². The maximum atomic E-state index is 10.7. The number of esters is 1. The Kier molecular flexibility index (Phi) is 18.7. The number of benzene rings is 2. The Bertz CT molecular complexity index is 1490. The van der Waals surface area contributed by atoms with Gasteiger partial charge >= 0.3 is 11.9 Å². The zero-order valence-electron chi connectivity index (χ0n) is 37.0. The van der Waals surface area contributed by atoms with Crippen LogP contribution < -0.4 is 24.6 Å². The molecule has 0 aromatic heterocycles. The number of nitrogens with zero attached hydrogens (tertiary/aromatic N) is 3. The van der Waals surface area contributed by atoms with Crippen molar-refractivity contribution in [2.24, 2.45) is 22.7 Å². The van der Waals surface area contributed by atoms with Gasteiger partial charge in [0.2, 0.25) is 0 Å². The third-order valence-electron chi connectivity index (χ3n) is 12.4. The molecule has 2 aliphatic carbocycles. The first-order valence-electron chi connectivity index (χ1n) is 22.1. The smallest absolute Gasteiger partial charge is 0.330 e. The highest BCUT2D eigenvalue weighted by molar-refractivity contribution is 5.81. The Morgan fingerprint density at radius 2 is 1.10 bits per heavy atom. The van der Waals surface area contributed by atoms with Gasteiger partial charge in [-0.2, -0.15) is 0 Å². The SMILES string of the molecule is C=CC(=O)OCC.CC(C)(C)C1CCC(Oc2ccc(N3CCN(CCC(=O)O)CC3)cc2)CC1.CC(C)(C)C1CCC(Oc2ccc(N3CCNCC3)cc2)CC1. The first-order chi connectivity index (χ1) is 27.6. The number of hydrogen-bond acceptors (Lipinski definition) is 9. The molecular formula is C48H76N4O6. The minimum atomic E-state index is -0.718. The molecule has 0 unspecified atom stereocenters. The number of anilines is 2. The normalized spacial score (nSPS) is 22.9. The van der Waals surface area contributed by atoms with Crippen molar-refractivity contribution in [2.75, 3.05) is 75.3 Å². The summed E-state index contributed by atoms with van der Waals surface area (Å²) in [6, 6.07) is 17.2. The lowest BCUT2D eigenvalue weighted by Crippen LogP contribution is -2.46. The Morgan fingerprint density at radius 3 is 1.45 bits per heavy atom. The summed E-state index contributed by atoms with van der Waals surface area (Å²) in [5.41, 5.74) is 3.39. The van der Waals surface area contributed by atoms with Gasteiger partial charge in [-0.25, -0.2) is 4.79 Å². The standard InChI is InChI=1S/C23H36N2O3.C20H32N2O.C5H8O2/c1-23(2,3)18-4-8-20(9-5-18)28-21-10-6-19(7-11-21)25-16-14-24(15-17-25)13-12-22(26)27;1-20(2,3)16-4-8-18(9-5-16)23-19-10-6-17(7-11-19)22-14-12-21-13-15-22;1-3-5(6)7-4-2/h6-7,10-11,18,20H,4-5,8-9,12-17H2,1-3H3,(H,26,27);6-7,10-11,16,18,21H,4-5,8-9,12-15H2,1-3H3;3H,1,4H2,2H3. The van der Waals surface area contributed by atoms with E-state index in [4.69, 9.17) is 14.6 Å². The van der Waals surface area contributed by atoms with Crippen LogP contribution in [0.2, 0.25) is 0 Å². The number of carboxylic acid groups (broad SMARTS) is 1. The predicted molar refractivity (Wildman–Crippen MR) is 237 cm³/mol. The Balaban J connectivity index is 0.000000223. The van der Waals surface area contributed by atoms with Gasteiger partial charge in [0, 0.05) is 76.4 Å². The average Bonchev–Trinajstić information content (AvgIpc) is 3.21. The molecule has 10 heteroatoms. The van der Waals surface area contributed by atoms with Crippen molar-refractivity contribution in [2.45, 2.75) is 118 Å². The van der Waals surface area contributed by atoms with E-state index in [1.54, 1.807) is 6.92 Å². The van der Waals surface area contributed by atoms with Gasteiger partial charge in [-0.3, -0.25) is 9.69 Å². The summed E-state index contributed by atoms with van der Waals surface area (Å²) in [4.78, 5) is 27.8. The second-order valence-electron chi connectivity index (χ2n) is 18.6. The van der Waals surface area contributed by atoms with Gasteiger partial charge in [-0.05, 0) is 129 Å². The number of nitrogens with one attached hydrogen (secondary N) is 1. The van der Waals surface area contributed by atoms with Crippen LogP contribution in [0.15, 0.2) is 61.2 Å². The zero-order valence-corrected chi connectivity index (χ0v) is 37.0. The first-order valence-corrected chi connectivity index (χ1v) is 22.1. The lowest BCUT2D eigenvalue weighted by atomic mass is 9.72. The van der Waals surface area contributed by atoms with Crippen LogP contribution in [0.4, 0.5) is 11.4 Å². The molecule has 0 atom stereocenters. The molecule has 2 saturated heterocycles. The molecular weight excluding hydrogens is 729 g/mol. The highest BCUT2D eigenvalue weighted by atomic mass is 16.5. The van der Waals surface area contributed by atoms with E-state index < -0.39 is 5.97 Å². The van der Waals surface area contributed by atoms with E-state index in [0.717, 1.165) is 94.6 Å². The summed E-state index contributed by atoms with van der Waals surface area (Å²) < 4.78 is 16.9. The molecule has 10 nitrogen and oxygen atoms in total. The predicted octanol–water partition coefficient (Wildman–Crippen LogP) is 9.08. The Morgan fingerprint density at radius 1 is 0.690 bits per heavy atom. The molecule has 4 fully saturated rings. The summed E-state index contributed by atoms with van der Waals surface area (Å²) in [6.45, 7) is 28.2. The fourth-order valence-electron chi connectivity index (χ4n) is 8.56. The molecule has 0 spiro atoms. The van der Waals surface area contributed by atoms with Crippen molar-refractivity contribution in [1.29, 1.82) is 0 Å². The average molecular weight is 805 g/mol. The molecule has 2 heterocycles. The molecule has 58 heavy (non-hydrogen) atoms. The van der Waals surface area contributed by atoms with Crippen LogP contribution in [0, 0.1) is 22.7 Å². The van der Waals surface area contributed by atoms with Crippen LogP contribution >= 0.6 is 0 Å². The monoisotopic (exact) mass is 805 g/mol. The molecule has 2 saturated carbocycles. The van der Waals surface area contributed by atoms with Gasteiger partial charge in [0.05, 0.1) is 25.2 Å². The number of hydrogen-bond donors (Lipinski definition) is 2. The maximum absolute atomic E-state index is 10.7. The van der Waals surface area contributed by atoms with Gasteiger partial charge in [-0.1, -0.05) is 48.1 Å². The van der Waals surface area contributed by atoms with Crippen LogP contribution in [0.5, 0.6) is 11.5 Å². The molecule has 0 radical (unpaired) electrons. The van der Waals surface area contributed by atoms with Crippen LogP contribution in [-0.2, 0) is 14.3 Å². The molecule has 2 aromatic carbocycles. The molecule has 0 amide bonds. The second kappa shape index (κ2) is 23.1. The van der Waals surface area contributed by atoms with Gasteiger partial charge in [0.25, 0.3) is 0 Å². The molecule has 4 aliphatic rings. The molecule has 6 rings (SSSR count). The molecule has 2 aliphatic heterocycles. The number of carboxylic acids is 1. The van der Waals surface area contributed by atoms with E-state index in [0.29, 0.717) is 36.2 Å². The zero-order chi connectivity index (χ0) is 42.1. The van der Waals surface area contributed by atoms with Crippen molar-refractivity contribution in [3.63, 3.8) is 0 Å². The fraction of sp³-hybridized carbons (Fsp3) is 0.667. The lowest BCUT2D eigenvalue weighted by Gasteiger charge is -2.37. The number of ether oxygens (including phenoxy) is 3. The van der Waals surface area contributed by atoms with E-state index >= 15 is 0 Å². The number of piperazine rings is 2. The quantitative estimate of drug-likeness (QED) is 0.169. The largest absolute Gasteiger partial charge is 0.490 e. The van der Waals surface area contributed by atoms with Crippen LogP contribution in [0.3, 0.4) is 0 Å². The number of aliphatic carboxylic acids is 1. The van der Waals surface area contributed by atoms with Gasteiger partial charge in [0.1, 0.15) is 11.5 Å². The minimum absolute atomic E-state index is 0.226. The summed E-state index contributed by atoms with van der Waals surface area (Å²) in [5, 5.41) is 12.2. The molecule has 2 N–H and O–H groups in total. The molecule has 2 aromatic rings. The third-order valence-corrected chi connectivity index (χ3v) is 12.4. The summed E-state index contributed by atoms with van der Waals surface area (Å²) in [6.07, 6.45) is 11.9. The Hall–Kier alpha value is -3.76. The van der Waals surface area contributed by atoms with E-state index in [2.05, 4.69) is 121 Å². The summed E-state index contributed by atoms with van der Waals surface area (Å²) >= 11 is 0. The Labute approximate surface area is 350 Å². The van der Waals surface area contributed by atoms with Crippen molar-refractivity contribution >= 4 is 23.3 Å². The number of carbonyl (C=O) groups is 2. The lowest BCUT2D eigenvalue weighted by molar-refractivity contribution is -0.138. The highest BCUT2D eigenvalue weighted by Crippen LogP contribution is 2.40. The summed E-state index contributed by atoms with van der Waals surface area (Å²) in [7, 11) is 0. The highest BCUT2D eigenvalue weighted by Gasteiger charge is 2.31. The van der Waals surface area contributed by atoms with E-state index in [1.807, 2.05) is 0 Å². The van der Waals surface area contributed by atoms with E-state index in [9.17, 15) is 9.59 Å². The van der Waals surface area contributed by atoms with Crippen molar-refractivity contribution in [3.8, 4) is 11.5 Å². The van der Waals surface area contributed by atoms with Crippen LogP contribution in [-0.4, -0.2) is 99.7 Å².